The lowest BCUT2D eigenvalue weighted by atomic mass is 10.4. The molecule has 11 heavy (non-hydrogen) atoms. The van der Waals surface area contributed by atoms with Crippen LogP contribution in [0.1, 0.15) is 13.8 Å². The van der Waals surface area contributed by atoms with Gasteiger partial charge in [-0.25, -0.2) is 0 Å². The number of carbonyl (C=O) groups excluding carboxylic acids is 1. The summed E-state index contributed by atoms with van der Waals surface area (Å²) >= 11 is 0. The molecule has 0 bridgehead atoms. The minimum Gasteiger partial charge on any atom is -0.354 e. The van der Waals surface area contributed by atoms with Crippen LogP contribution < -0.4 is 16.4 Å². The van der Waals surface area contributed by atoms with Crippen molar-refractivity contribution in [1.29, 1.82) is 0 Å². The first-order valence-electron chi connectivity index (χ1n) is 3.87. The largest absolute Gasteiger partial charge is 0.354 e. The molecule has 0 heterocycles. The molecule has 0 atom stereocenters. The van der Waals surface area contributed by atoms with Crippen molar-refractivity contribution in [1.82, 2.24) is 10.6 Å². The number of carbonyl (C=O) groups is 1. The van der Waals surface area contributed by atoms with E-state index in [0.29, 0.717) is 25.7 Å². The lowest BCUT2D eigenvalue weighted by Gasteiger charge is -2.07. The molecular weight excluding hydrogens is 142 g/mol. The van der Waals surface area contributed by atoms with E-state index < -0.39 is 0 Å². The van der Waals surface area contributed by atoms with Crippen LogP contribution in [0.15, 0.2) is 0 Å². The Labute approximate surface area is 67.5 Å². The highest BCUT2D eigenvalue weighted by Crippen LogP contribution is 1.73. The van der Waals surface area contributed by atoms with E-state index in [-0.39, 0.29) is 5.91 Å². The third-order valence-electron chi connectivity index (χ3n) is 1.14. The number of rotatable bonds is 5. The first-order valence-corrected chi connectivity index (χ1v) is 3.87. The molecule has 0 aliphatic carbocycles. The summed E-state index contributed by atoms with van der Waals surface area (Å²) in [7, 11) is 0. The van der Waals surface area contributed by atoms with E-state index >= 15 is 0 Å². The number of hydrogen-bond acceptors (Lipinski definition) is 3. The first kappa shape index (κ1) is 10.4. The highest BCUT2D eigenvalue weighted by Gasteiger charge is 1.99. The third kappa shape index (κ3) is 7.29. The summed E-state index contributed by atoms with van der Waals surface area (Å²) in [5.74, 6) is 0.00384. The van der Waals surface area contributed by atoms with Crippen LogP contribution in [-0.4, -0.2) is 31.6 Å². The van der Waals surface area contributed by atoms with Crippen molar-refractivity contribution in [2.24, 2.45) is 5.73 Å². The predicted molar refractivity (Wildman–Crippen MR) is 45.2 cm³/mol. The number of nitrogens with one attached hydrogen (secondary N) is 2. The normalized spacial score (nSPS) is 10.2. The molecule has 0 aliphatic rings. The summed E-state index contributed by atoms with van der Waals surface area (Å²) in [4.78, 5) is 10.9. The molecule has 0 unspecified atom stereocenters. The Kier molecular flexibility index (Phi) is 5.78. The second kappa shape index (κ2) is 6.12. The van der Waals surface area contributed by atoms with Gasteiger partial charge in [-0.3, -0.25) is 4.79 Å². The molecule has 66 valence electrons. The summed E-state index contributed by atoms with van der Waals surface area (Å²) < 4.78 is 0. The lowest BCUT2D eigenvalue weighted by Crippen LogP contribution is -2.38. The molecule has 0 rings (SSSR count). The van der Waals surface area contributed by atoms with Gasteiger partial charge in [0.05, 0.1) is 6.54 Å². The highest BCUT2D eigenvalue weighted by molar-refractivity contribution is 5.77. The van der Waals surface area contributed by atoms with Crippen LogP contribution in [0.25, 0.3) is 0 Å². The van der Waals surface area contributed by atoms with Gasteiger partial charge in [0.25, 0.3) is 0 Å². The summed E-state index contributed by atoms with van der Waals surface area (Å²) in [5.41, 5.74) is 5.20. The zero-order chi connectivity index (χ0) is 8.69. The summed E-state index contributed by atoms with van der Waals surface area (Å²) in [6.45, 7) is 5.41. The van der Waals surface area contributed by atoms with Crippen LogP contribution in [0.4, 0.5) is 0 Å². The Bertz CT molecular complexity index is 114. The van der Waals surface area contributed by atoms with Crippen LogP contribution in [-0.2, 0) is 4.79 Å². The average Bonchev–Trinajstić information content (AvgIpc) is 1.97. The molecule has 0 saturated heterocycles. The SMILES string of the molecule is CC(C)NCC(=O)NCCN. The van der Waals surface area contributed by atoms with Crippen molar-refractivity contribution < 1.29 is 4.79 Å². The predicted octanol–water partition coefficient (Wildman–Crippen LogP) is -0.941. The maximum Gasteiger partial charge on any atom is 0.234 e. The van der Waals surface area contributed by atoms with Gasteiger partial charge in [-0.05, 0) is 0 Å². The molecule has 4 nitrogen and oxygen atoms in total. The minimum atomic E-state index is 0.00384. The molecule has 0 saturated carbocycles. The van der Waals surface area contributed by atoms with Crippen molar-refractivity contribution in [3.63, 3.8) is 0 Å². The quantitative estimate of drug-likeness (QED) is 0.485. The molecule has 0 aromatic rings. The Balaban J connectivity index is 3.23. The highest BCUT2D eigenvalue weighted by atomic mass is 16.1. The van der Waals surface area contributed by atoms with Crippen molar-refractivity contribution in [2.75, 3.05) is 19.6 Å². The Morgan fingerprint density at radius 2 is 2.18 bits per heavy atom. The van der Waals surface area contributed by atoms with Crippen molar-refractivity contribution >= 4 is 5.91 Å². The van der Waals surface area contributed by atoms with Crippen LogP contribution in [0.2, 0.25) is 0 Å². The second-order valence-electron chi connectivity index (χ2n) is 2.67. The Morgan fingerprint density at radius 3 is 2.64 bits per heavy atom. The molecular formula is C7H17N3O. The number of nitrogens with two attached hydrogens (primary N) is 1. The monoisotopic (exact) mass is 159 g/mol. The zero-order valence-corrected chi connectivity index (χ0v) is 7.18. The lowest BCUT2D eigenvalue weighted by molar-refractivity contribution is -0.120. The fourth-order valence-electron chi connectivity index (χ4n) is 0.571. The number of hydrogen-bond donors (Lipinski definition) is 3. The van der Waals surface area contributed by atoms with Gasteiger partial charge in [-0.2, -0.15) is 0 Å². The van der Waals surface area contributed by atoms with Crippen molar-refractivity contribution in [3.05, 3.63) is 0 Å². The standard InChI is InChI=1S/C7H17N3O/c1-6(2)10-5-7(11)9-4-3-8/h6,10H,3-5,8H2,1-2H3,(H,9,11). The summed E-state index contributed by atoms with van der Waals surface area (Å²) in [6.07, 6.45) is 0. The van der Waals surface area contributed by atoms with E-state index in [9.17, 15) is 4.79 Å². The van der Waals surface area contributed by atoms with Crippen LogP contribution in [0, 0.1) is 0 Å². The fraction of sp³-hybridized carbons (Fsp3) is 0.857. The topological polar surface area (TPSA) is 67.2 Å². The van der Waals surface area contributed by atoms with Crippen LogP contribution in [0.5, 0.6) is 0 Å². The molecule has 0 aromatic carbocycles. The van der Waals surface area contributed by atoms with Crippen molar-refractivity contribution in [3.8, 4) is 0 Å². The first-order chi connectivity index (χ1) is 5.16. The van der Waals surface area contributed by atoms with E-state index in [1.54, 1.807) is 0 Å². The van der Waals surface area contributed by atoms with Gasteiger partial charge in [0.1, 0.15) is 0 Å². The molecule has 0 aliphatic heterocycles. The van der Waals surface area contributed by atoms with E-state index in [0.717, 1.165) is 0 Å². The fourth-order valence-corrected chi connectivity index (χ4v) is 0.571. The van der Waals surface area contributed by atoms with Gasteiger partial charge in [0.2, 0.25) is 5.91 Å². The van der Waals surface area contributed by atoms with Gasteiger partial charge in [-0.1, -0.05) is 13.8 Å². The van der Waals surface area contributed by atoms with Gasteiger partial charge in [0, 0.05) is 19.1 Å². The van der Waals surface area contributed by atoms with E-state index in [4.69, 9.17) is 5.73 Å². The molecule has 4 N–H and O–H groups in total. The summed E-state index contributed by atoms with van der Waals surface area (Å²) in [6, 6.07) is 0.346. The Hall–Kier alpha value is -0.610. The molecule has 0 radical (unpaired) electrons. The smallest absolute Gasteiger partial charge is 0.234 e. The minimum absolute atomic E-state index is 0.00384. The Morgan fingerprint density at radius 1 is 1.55 bits per heavy atom. The van der Waals surface area contributed by atoms with E-state index in [2.05, 4.69) is 10.6 Å². The molecule has 0 fully saturated rings. The third-order valence-corrected chi connectivity index (χ3v) is 1.14. The van der Waals surface area contributed by atoms with Crippen molar-refractivity contribution in [2.45, 2.75) is 19.9 Å². The van der Waals surface area contributed by atoms with Crippen LogP contribution >= 0.6 is 0 Å². The number of amides is 1. The molecule has 4 heteroatoms. The van der Waals surface area contributed by atoms with Gasteiger partial charge < -0.3 is 16.4 Å². The van der Waals surface area contributed by atoms with Gasteiger partial charge >= 0.3 is 0 Å². The van der Waals surface area contributed by atoms with Gasteiger partial charge in [-0.15, -0.1) is 0 Å². The molecule has 1 amide bonds. The molecule has 0 spiro atoms. The van der Waals surface area contributed by atoms with Crippen LogP contribution in [0.3, 0.4) is 0 Å². The molecule has 0 aromatic heterocycles. The maximum absolute atomic E-state index is 10.9. The van der Waals surface area contributed by atoms with E-state index in [1.807, 2.05) is 13.8 Å². The zero-order valence-electron chi connectivity index (χ0n) is 7.18. The second-order valence-corrected chi connectivity index (χ2v) is 2.67. The van der Waals surface area contributed by atoms with Gasteiger partial charge in [0.15, 0.2) is 0 Å². The van der Waals surface area contributed by atoms with E-state index in [1.165, 1.54) is 0 Å². The maximum atomic E-state index is 10.9. The summed E-state index contributed by atoms with van der Waals surface area (Å²) in [5, 5.41) is 5.66. The average molecular weight is 159 g/mol.